The third-order valence-electron chi connectivity index (χ3n) is 3.44. The average molecular weight is 277 g/mol. The summed E-state index contributed by atoms with van der Waals surface area (Å²) in [5.74, 6) is -0.409. The molecule has 21 heavy (non-hydrogen) atoms. The molecule has 0 bridgehead atoms. The molecule has 0 atom stereocenters. The van der Waals surface area contributed by atoms with Crippen LogP contribution in [0.1, 0.15) is 23.6 Å². The van der Waals surface area contributed by atoms with Gasteiger partial charge in [-0.15, -0.1) is 0 Å². The fourth-order valence-corrected chi connectivity index (χ4v) is 2.23. The second-order valence-electron chi connectivity index (χ2n) is 4.84. The van der Waals surface area contributed by atoms with Crippen LogP contribution in [0.25, 0.3) is 6.08 Å². The van der Waals surface area contributed by atoms with Crippen LogP contribution in [0.3, 0.4) is 0 Å². The molecule has 0 saturated heterocycles. The second kappa shape index (κ2) is 5.75. The molecule has 0 radical (unpaired) electrons. The third kappa shape index (κ3) is 2.77. The van der Waals surface area contributed by atoms with Crippen LogP contribution in [0, 0.1) is 0 Å². The molecular weight excluding hydrogens is 262 g/mol. The summed E-state index contributed by atoms with van der Waals surface area (Å²) < 4.78 is 0. The Morgan fingerprint density at radius 3 is 2.43 bits per heavy atom. The van der Waals surface area contributed by atoms with Gasteiger partial charge in [0.05, 0.1) is 5.57 Å². The molecule has 0 N–H and O–H groups in total. The van der Waals surface area contributed by atoms with Crippen LogP contribution < -0.4 is 0 Å². The van der Waals surface area contributed by atoms with Gasteiger partial charge in [-0.3, -0.25) is 0 Å². The van der Waals surface area contributed by atoms with Gasteiger partial charge in [-0.05, 0) is 23.6 Å². The molecule has 0 saturated carbocycles. The number of hydrogen-bond donors (Lipinski definition) is 0. The Labute approximate surface area is 123 Å². The monoisotopic (exact) mass is 277 g/mol. The summed E-state index contributed by atoms with van der Waals surface area (Å²) in [5, 5.41) is 3.90. The smallest absolute Gasteiger partial charge is 0.312 e. The van der Waals surface area contributed by atoms with E-state index in [0.29, 0.717) is 11.3 Å². The molecule has 0 fully saturated rings. The van der Waals surface area contributed by atoms with Crippen molar-refractivity contribution in [3.05, 3.63) is 76.9 Å². The summed E-state index contributed by atoms with van der Waals surface area (Å²) >= 11 is 0. The van der Waals surface area contributed by atoms with E-state index in [1.54, 1.807) is 0 Å². The van der Waals surface area contributed by atoms with E-state index >= 15 is 0 Å². The summed E-state index contributed by atoms with van der Waals surface area (Å²) in [7, 11) is 0. The van der Waals surface area contributed by atoms with E-state index in [-0.39, 0.29) is 0 Å². The number of nitrogens with zero attached hydrogens (tertiary/aromatic N) is 1. The Morgan fingerprint density at radius 2 is 1.76 bits per heavy atom. The highest BCUT2D eigenvalue weighted by molar-refractivity contribution is 6.31. The molecule has 0 spiro atoms. The SMILES string of the molecule is CCc1ccc(/C=C2\C(=O)ON=C2c2ccccc2)cc1. The van der Waals surface area contributed by atoms with Gasteiger partial charge in [-0.2, -0.15) is 0 Å². The van der Waals surface area contributed by atoms with Crippen LogP contribution in [-0.4, -0.2) is 11.7 Å². The highest BCUT2D eigenvalue weighted by Crippen LogP contribution is 2.20. The standard InChI is InChI=1S/C18H15NO2/c1-2-13-8-10-14(11-9-13)12-16-17(19-21-18(16)20)15-6-4-3-5-7-15/h3-12H,2H2,1H3/b16-12-. The van der Waals surface area contributed by atoms with Gasteiger partial charge in [0.25, 0.3) is 0 Å². The summed E-state index contributed by atoms with van der Waals surface area (Å²) in [4.78, 5) is 16.7. The van der Waals surface area contributed by atoms with E-state index in [2.05, 4.69) is 24.2 Å². The summed E-state index contributed by atoms with van der Waals surface area (Å²) in [6, 6.07) is 17.7. The van der Waals surface area contributed by atoms with Crippen molar-refractivity contribution >= 4 is 17.8 Å². The van der Waals surface area contributed by atoms with Crippen molar-refractivity contribution in [3.8, 4) is 0 Å². The lowest BCUT2D eigenvalue weighted by atomic mass is 10.00. The van der Waals surface area contributed by atoms with Crippen molar-refractivity contribution in [1.82, 2.24) is 0 Å². The minimum Gasteiger partial charge on any atom is -0.312 e. The first-order chi connectivity index (χ1) is 10.3. The van der Waals surface area contributed by atoms with Gasteiger partial charge in [-0.25, -0.2) is 4.79 Å². The van der Waals surface area contributed by atoms with Gasteiger partial charge in [0.15, 0.2) is 0 Å². The average Bonchev–Trinajstić information content (AvgIpc) is 2.90. The molecular formula is C18H15NO2. The molecule has 3 heteroatoms. The molecule has 0 unspecified atom stereocenters. The van der Waals surface area contributed by atoms with Gasteiger partial charge >= 0.3 is 5.97 Å². The Bertz CT molecular complexity index is 713. The van der Waals surface area contributed by atoms with Crippen molar-refractivity contribution in [2.45, 2.75) is 13.3 Å². The molecule has 1 heterocycles. The van der Waals surface area contributed by atoms with Crippen molar-refractivity contribution in [2.75, 3.05) is 0 Å². The van der Waals surface area contributed by atoms with Gasteiger partial charge < -0.3 is 4.84 Å². The van der Waals surface area contributed by atoms with Gasteiger partial charge in [0, 0.05) is 5.56 Å². The van der Waals surface area contributed by atoms with Crippen molar-refractivity contribution in [2.24, 2.45) is 5.16 Å². The molecule has 0 aromatic heterocycles. The fourth-order valence-electron chi connectivity index (χ4n) is 2.23. The Kier molecular flexibility index (Phi) is 3.65. The largest absolute Gasteiger partial charge is 0.368 e. The van der Waals surface area contributed by atoms with Crippen molar-refractivity contribution in [1.29, 1.82) is 0 Å². The third-order valence-corrected chi connectivity index (χ3v) is 3.44. The first kappa shape index (κ1) is 13.3. The summed E-state index contributed by atoms with van der Waals surface area (Å²) in [5.41, 5.74) is 4.18. The van der Waals surface area contributed by atoms with E-state index in [0.717, 1.165) is 17.5 Å². The van der Waals surface area contributed by atoms with E-state index in [1.165, 1.54) is 5.56 Å². The highest BCUT2D eigenvalue weighted by Gasteiger charge is 2.26. The Balaban J connectivity index is 1.96. The maximum absolute atomic E-state index is 11.9. The lowest BCUT2D eigenvalue weighted by Crippen LogP contribution is -2.06. The van der Waals surface area contributed by atoms with Crippen LogP contribution >= 0.6 is 0 Å². The summed E-state index contributed by atoms with van der Waals surface area (Å²) in [6.45, 7) is 2.11. The number of aryl methyl sites for hydroxylation is 1. The maximum Gasteiger partial charge on any atom is 0.368 e. The normalized spacial score (nSPS) is 16.0. The number of rotatable bonds is 3. The predicted molar refractivity (Wildman–Crippen MR) is 82.9 cm³/mol. The molecule has 3 nitrogen and oxygen atoms in total. The molecule has 0 amide bonds. The minimum atomic E-state index is -0.409. The second-order valence-corrected chi connectivity index (χ2v) is 4.84. The van der Waals surface area contributed by atoms with Crippen molar-refractivity contribution in [3.63, 3.8) is 0 Å². The van der Waals surface area contributed by atoms with Crippen LogP contribution in [0.5, 0.6) is 0 Å². The molecule has 2 aromatic rings. The van der Waals surface area contributed by atoms with Crippen LogP contribution in [-0.2, 0) is 16.1 Å². The number of benzene rings is 2. The Morgan fingerprint density at radius 1 is 1.05 bits per heavy atom. The molecule has 3 rings (SSSR count). The zero-order chi connectivity index (χ0) is 14.7. The first-order valence-corrected chi connectivity index (χ1v) is 6.93. The summed E-state index contributed by atoms with van der Waals surface area (Å²) in [6.07, 6.45) is 2.82. The van der Waals surface area contributed by atoms with E-state index in [9.17, 15) is 4.79 Å². The number of carbonyl (C=O) groups is 1. The molecule has 0 aliphatic carbocycles. The highest BCUT2D eigenvalue weighted by atomic mass is 16.7. The number of carbonyl (C=O) groups excluding carboxylic acids is 1. The molecule has 104 valence electrons. The van der Waals surface area contributed by atoms with Crippen LogP contribution in [0.15, 0.2) is 65.3 Å². The molecule has 1 aliphatic heterocycles. The van der Waals surface area contributed by atoms with Crippen LogP contribution in [0.2, 0.25) is 0 Å². The number of hydrogen-bond acceptors (Lipinski definition) is 3. The van der Waals surface area contributed by atoms with Gasteiger partial charge in [0.2, 0.25) is 0 Å². The quantitative estimate of drug-likeness (QED) is 0.635. The number of oxime groups is 1. The lowest BCUT2D eigenvalue weighted by molar-refractivity contribution is -0.136. The molecule has 1 aliphatic rings. The van der Waals surface area contributed by atoms with Gasteiger partial charge in [-0.1, -0.05) is 66.7 Å². The predicted octanol–water partition coefficient (Wildman–Crippen LogP) is 3.59. The molecule has 2 aromatic carbocycles. The van der Waals surface area contributed by atoms with Gasteiger partial charge in [0.1, 0.15) is 5.71 Å². The van der Waals surface area contributed by atoms with Crippen molar-refractivity contribution < 1.29 is 9.63 Å². The fraction of sp³-hybridized carbons (Fsp3) is 0.111. The lowest BCUT2D eigenvalue weighted by Gasteiger charge is -2.01. The zero-order valence-electron chi connectivity index (χ0n) is 11.7. The minimum absolute atomic E-state index is 0.409. The Hall–Kier alpha value is -2.68. The zero-order valence-corrected chi connectivity index (χ0v) is 11.7. The van der Waals surface area contributed by atoms with Crippen LogP contribution in [0.4, 0.5) is 0 Å². The maximum atomic E-state index is 11.9. The van der Waals surface area contributed by atoms with E-state index in [1.807, 2.05) is 48.5 Å². The topological polar surface area (TPSA) is 38.7 Å². The first-order valence-electron chi connectivity index (χ1n) is 6.93. The van der Waals surface area contributed by atoms with E-state index in [4.69, 9.17) is 4.84 Å². The van der Waals surface area contributed by atoms with E-state index < -0.39 is 5.97 Å².